The summed E-state index contributed by atoms with van der Waals surface area (Å²) in [6.07, 6.45) is -0.275. The van der Waals surface area contributed by atoms with Crippen LogP contribution in [-0.2, 0) is 4.79 Å². The Morgan fingerprint density at radius 3 is 2.49 bits per heavy atom. The number of hydrogen-bond donors (Lipinski definition) is 2. The molecule has 200 valence electrons. The molecule has 11 heteroatoms. The van der Waals surface area contributed by atoms with Crippen LogP contribution < -0.4 is 15.0 Å². The van der Waals surface area contributed by atoms with Gasteiger partial charge in [0.25, 0.3) is 0 Å². The van der Waals surface area contributed by atoms with Crippen molar-refractivity contribution in [2.75, 3.05) is 37.6 Å². The van der Waals surface area contributed by atoms with Crippen molar-refractivity contribution in [3.8, 4) is 5.75 Å². The van der Waals surface area contributed by atoms with Gasteiger partial charge in [0, 0.05) is 31.7 Å². The minimum absolute atomic E-state index is 0.177. The van der Waals surface area contributed by atoms with Crippen LogP contribution in [0.3, 0.4) is 0 Å². The lowest BCUT2D eigenvalue weighted by Gasteiger charge is -2.42. The predicted octanol–water partition coefficient (Wildman–Crippen LogP) is 3.35. The summed E-state index contributed by atoms with van der Waals surface area (Å²) >= 11 is 0. The summed E-state index contributed by atoms with van der Waals surface area (Å²) in [5.74, 6) is 0.770. The minimum atomic E-state index is -4.76. The molecule has 2 heterocycles. The number of anilines is 1. The van der Waals surface area contributed by atoms with E-state index in [9.17, 15) is 23.1 Å². The second-order valence-electron chi connectivity index (χ2n) is 10.2. The third-order valence-corrected chi connectivity index (χ3v) is 7.58. The van der Waals surface area contributed by atoms with Crippen LogP contribution >= 0.6 is 0 Å². The zero-order chi connectivity index (χ0) is 26.2. The van der Waals surface area contributed by atoms with Gasteiger partial charge < -0.3 is 24.9 Å². The van der Waals surface area contributed by atoms with Gasteiger partial charge in [-0.2, -0.15) is 0 Å². The topological polar surface area (TPSA) is 90.8 Å². The van der Waals surface area contributed by atoms with Crippen molar-refractivity contribution in [2.45, 2.75) is 56.7 Å². The number of benzene rings is 1. The molecule has 1 aromatic heterocycles. The number of carbonyl (C=O) groups excluding carboxylic acids is 1. The molecule has 0 bridgehead atoms. The molecule has 4 atom stereocenters. The Labute approximate surface area is 213 Å². The summed E-state index contributed by atoms with van der Waals surface area (Å²) in [5, 5.41) is 13.9. The van der Waals surface area contributed by atoms with Gasteiger partial charge in [0.1, 0.15) is 24.2 Å². The zero-order valence-corrected chi connectivity index (χ0v) is 20.7. The standard InChI is InChI=1S/C26H32F3N5O3/c1-16-12-21(36)23-22(16)25(32-15-31-23)34-10-8-33(9-11-34)24(30-13-17-2-3-17)20(14-35)18-4-6-19(7-5-18)37-26(27,28)29/h4-7,14-17,20-21,24,30,36H,2-3,8-13H2,1H3/t16-,20?,21-,24?/m1/s1. The summed E-state index contributed by atoms with van der Waals surface area (Å²) in [5.41, 5.74) is 2.36. The van der Waals surface area contributed by atoms with Crippen molar-refractivity contribution < 1.29 is 27.8 Å². The fourth-order valence-corrected chi connectivity index (χ4v) is 5.49. The van der Waals surface area contributed by atoms with Gasteiger partial charge in [0.2, 0.25) is 0 Å². The molecule has 3 aliphatic rings. The number of rotatable bonds is 9. The van der Waals surface area contributed by atoms with Gasteiger partial charge in [-0.05, 0) is 55.3 Å². The van der Waals surface area contributed by atoms with Crippen molar-refractivity contribution in [1.82, 2.24) is 20.2 Å². The van der Waals surface area contributed by atoms with E-state index >= 15 is 0 Å². The first kappa shape index (κ1) is 25.9. The van der Waals surface area contributed by atoms with Crippen molar-refractivity contribution in [3.05, 3.63) is 47.4 Å². The van der Waals surface area contributed by atoms with E-state index in [4.69, 9.17) is 0 Å². The van der Waals surface area contributed by atoms with Crippen molar-refractivity contribution in [1.29, 1.82) is 0 Å². The Morgan fingerprint density at radius 2 is 1.86 bits per heavy atom. The van der Waals surface area contributed by atoms with E-state index in [1.54, 1.807) is 0 Å². The molecule has 2 unspecified atom stereocenters. The van der Waals surface area contributed by atoms with Gasteiger partial charge in [-0.25, -0.2) is 9.97 Å². The lowest BCUT2D eigenvalue weighted by molar-refractivity contribution is -0.274. The molecule has 0 radical (unpaired) electrons. The van der Waals surface area contributed by atoms with Crippen LogP contribution in [0.25, 0.3) is 0 Å². The monoisotopic (exact) mass is 519 g/mol. The molecule has 1 aliphatic heterocycles. The average Bonchev–Trinajstić information content (AvgIpc) is 3.65. The Morgan fingerprint density at radius 1 is 1.16 bits per heavy atom. The van der Waals surface area contributed by atoms with Gasteiger partial charge >= 0.3 is 6.36 Å². The number of ether oxygens (including phenoxy) is 1. The van der Waals surface area contributed by atoms with Gasteiger partial charge in [-0.15, -0.1) is 13.2 Å². The average molecular weight is 520 g/mol. The van der Waals surface area contributed by atoms with Gasteiger partial charge in [-0.3, -0.25) is 4.90 Å². The summed E-state index contributed by atoms with van der Waals surface area (Å²) < 4.78 is 41.7. The van der Waals surface area contributed by atoms with Gasteiger partial charge in [-0.1, -0.05) is 19.1 Å². The Hall–Kier alpha value is -2.76. The number of carbonyl (C=O) groups is 1. The smallest absolute Gasteiger partial charge is 0.406 e. The number of aromatic nitrogens is 2. The zero-order valence-electron chi connectivity index (χ0n) is 20.7. The molecule has 0 spiro atoms. The molecular weight excluding hydrogens is 487 g/mol. The van der Waals surface area contributed by atoms with Crippen LogP contribution in [0.1, 0.15) is 60.9 Å². The molecule has 0 amide bonds. The lowest BCUT2D eigenvalue weighted by atomic mass is 9.95. The third kappa shape index (κ3) is 5.89. The highest BCUT2D eigenvalue weighted by atomic mass is 19.4. The first-order valence-electron chi connectivity index (χ1n) is 12.8. The van der Waals surface area contributed by atoms with E-state index in [-0.39, 0.29) is 17.8 Å². The number of aliphatic hydroxyl groups excluding tert-OH is 1. The van der Waals surface area contributed by atoms with E-state index in [0.29, 0.717) is 49.8 Å². The van der Waals surface area contributed by atoms with Crippen LogP contribution in [0.5, 0.6) is 5.75 Å². The summed E-state index contributed by atoms with van der Waals surface area (Å²) in [6, 6.07) is 5.55. The molecular formula is C26H32F3N5O3. The molecule has 2 fully saturated rings. The van der Waals surface area contributed by atoms with E-state index in [1.807, 2.05) is 0 Å². The van der Waals surface area contributed by atoms with Crippen molar-refractivity contribution in [2.24, 2.45) is 5.92 Å². The van der Waals surface area contributed by atoms with Crippen LogP contribution in [-0.4, -0.2) is 71.5 Å². The van der Waals surface area contributed by atoms with Crippen LogP contribution in [0.4, 0.5) is 19.0 Å². The quantitative estimate of drug-likeness (QED) is 0.488. The molecule has 1 aromatic carbocycles. The predicted molar refractivity (Wildman–Crippen MR) is 130 cm³/mol. The SMILES string of the molecule is C[C@@H]1C[C@@H](O)c2ncnc(N3CCN(C(NCC4CC4)C(C=O)c4ccc(OC(F)(F)F)cc4)CC3)c21. The number of hydrogen-bond acceptors (Lipinski definition) is 8. The van der Waals surface area contributed by atoms with E-state index < -0.39 is 18.4 Å². The second-order valence-corrected chi connectivity index (χ2v) is 10.2. The third-order valence-electron chi connectivity index (χ3n) is 7.58. The van der Waals surface area contributed by atoms with E-state index in [1.165, 1.54) is 30.6 Å². The van der Waals surface area contributed by atoms with Crippen LogP contribution in [0.15, 0.2) is 30.6 Å². The normalized spacial score (nSPS) is 24.0. The Kier molecular flexibility index (Phi) is 7.37. The van der Waals surface area contributed by atoms with E-state index in [2.05, 4.69) is 36.7 Å². The number of aliphatic hydroxyl groups is 1. The highest BCUT2D eigenvalue weighted by Gasteiger charge is 2.37. The fraction of sp³-hybridized carbons (Fsp3) is 0.577. The fourth-order valence-electron chi connectivity index (χ4n) is 5.49. The highest BCUT2D eigenvalue weighted by molar-refractivity contribution is 5.64. The summed E-state index contributed by atoms with van der Waals surface area (Å²) in [6.45, 7) is 5.61. The van der Waals surface area contributed by atoms with Crippen LogP contribution in [0.2, 0.25) is 0 Å². The maximum atomic E-state index is 12.6. The second kappa shape index (κ2) is 10.5. The first-order chi connectivity index (χ1) is 17.7. The summed E-state index contributed by atoms with van der Waals surface area (Å²) in [7, 11) is 0. The number of nitrogens with zero attached hydrogens (tertiary/aromatic N) is 4. The van der Waals surface area contributed by atoms with Gasteiger partial charge in [0.05, 0.1) is 23.9 Å². The first-order valence-corrected chi connectivity index (χ1v) is 12.8. The van der Waals surface area contributed by atoms with Gasteiger partial charge in [0.15, 0.2) is 0 Å². The molecule has 37 heavy (non-hydrogen) atoms. The summed E-state index contributed by atoms with van der Waals surface area (Å²) in [4.78, 5) is 25.6. The molecule has 2 aromatic rings. The van der Waals surface area contributed by atoms with E-state index in [0.717, 1.165) is 37.1 Å². The largest absolute Gasteiger partial charge is 0.573 e. The number of alkyl halides is 3. The number of nitrogens with one attached hydrogen (secondary N) is 1. The number of fused-ring (bicyclic) bond motifs is 1. The molecule has 8 nitrogen and oxygen atoms in total. The number of piperazine rings is 1. The maximum absolute atomic E-state index is 12.6. The number of halogens is 3. The molecule has 5 rings (SSSR count). The Balaban J connectivity index is 1.31. The maximum Gasteiger partial charge on any atom is 0.573 e. The van der Waals surface area contributed by atoms with Crippen molar-refractivity contribution in [3.63, 3.8) is 0 Å². The minimum Gasteiger partial charge on any atom is -0.406 e. The highest BCUT2D eigenvalue weighted by Crippen LogP contribution is 2.43. The van der Waals surface area contributed by atoms with Crippen LogP contribution in [0, 0.1) is 5.92 Å². The number of aldehydes is 1. The van der Waals surface area contributed by atoms with Crippen molar-refractivity contribution >= 4 is 12.1 Å². The lowest BCUT2D eigenvalue weighted by Crippen LogP contribution is -2.57. The molecule has 2 N–H and O–H groups in total. The molecule has 1 saturated carbocycles. The Bertz CT molecular complexity index is 1090. The molecule has 2 aliphatic carbocycles. The molecule has 1 saturated heterocycles.